The van der Waals surface area contributed by atoms with Crippen molar-refractivity contribution in [3.8, 4) is 0 Å². The summed E-state index contributed by atoms with van der Waals surface area (Å²) in [4.78, 5) is 15.1. The van der Waals surface area contributed by atoms with Crippen LogP contribution in [0.4, 0.5) is 4.39 Å². The molecule has 1 aromatic carbocycles. The second-order valence-electron chi connectivity index (χ2n) is 7.56. The number of halogens is 1. The molecule has 0 radical (unpaired) electrons. The van der Waals surface area contributed by atoms with Gasteiger partial charge in [0.05, 0.1) is 6.54 Å². The van der Waals surface area contributed by atoms with Crippen molar-refractivity contribution in [2.75, 3.05) is 24.6 Å². The van der Waals surface area contributed by atoms with Crippen LogP contribution >= 0.6 is 11.8 Å². The molecule has 1 aromatic heterocycles. The maximum atomic E-state index is 13.9. The summed E-state index contributed by atoms with van der Waals surface area (Å²) in [6, 6.07) is 7.06. The summed E-state index contributed by atoms with van der Waals surface area (Å²) < 4.78 is 15.9. The van der Waals surface area contributed by atoms with E-state index in [0.717, 1.165) is 55.1 Å². The van der Waals surface area contributed by atoms with Crippen LogP contribution in [0.2, 0.25) is 0 Å². The molecule has 0 bridgehead atoms. The summed E-state index contributed by atoms with van der Waals surface area (Å²) in [6.45, 7) is 6.48. The Bertz CT molecular complexity index is 891. The lowest BCUT2D eigenvalue weighted by Gasteiger charge is -2.27. The highest BCUT2D eigenvalue weighted by atomic mass is 32.2. The van der Waals surface area contributed by atoms with Crippen molar-refractivity contribution in [1.82, 2.24) is 20.0 Å². The number of carbonyl (C=O) groups is 1. The number of amides is 1. The zero-order valence-corrected chi connectivity index (χ0v) is 17.4. The first-order valence-electron chi connectivity index (χ1n) is 10.2. The van der Waals surface area contributed by atoms with Crippen molar-refractivity contribution in [3.63, 3.8) is 0 Å². The average Bonchev–Trinajstić information content (AvgIpc) is 3.11. The van der Waals surface area contributed by atoms with Crippen LogP contribution in [0.3, 0.4) is 0 Å². The van der Waals surface area contributed by atoms with Gasteiger partial charge in [-0.05, 0) is 25.3 Å². The molecular formula is C22H27FN4OS. The van der Waals surface area contributed by atoms with Crippen LogP contribution in [-0.2, 0) is 25.9 Å². The van der Waals surface area contributed by atoms with E-state index >= 15 is 0 Å². The van der Waals surface area contributed by atoms with E-state index in [-0.39, 0.29) is 17.8 Å². The summed E-state index contributed by atoms with van der Waals surface area (Å²) in [5.41, 5.74) is 3.45. The number of hydrogen-bond acceptors (Lipinski definition) is 4. The molecular weight excluding hydrogens is 387 g/mol. The number of rotatable bonds is 6. The van der Waals surface area contributed by atoms with Crippen LogP contribution in [-0.4, -0.2) is 51.2 Å². The molecule has 1 amide bonds. The number of nitrogens with one attached hydrogen (secondary N) is 1. The topological polar surface area (TPSA) is 50.2 Å². The number of hydrogen-bond donors (Lipinski definition) is 1. The first-order chi connectivity index (χ1) is 14.2. The van der Waals surface area contributed by atoms with E-state index in [1.165, 1.54) is 6.07 Å². The maximum Gasteiger partial charge on any atom is 0.274 e. The molecule has 5 nitrogen and oxygen atoms in total. The van der Waals surface area contributed by atoms with Crippen molar-refractivity contribution in [1.29, 1.82) is 0 Å². The van der Waals surface area contributed by atoms with Crippen molar-refractivity contribution in [3.05, 3.63) is 65.3 Å². The average molecular weight is 415 g/mol. The van der Waals surface area contributed by atoms with Gasteiger partial charge in [-0.3, -0.25) is 9.48 Å². The molecule has 0 spiro atoms. The van der Waals surface area contributed by atoms with Crippen molar-refractivity contribution < 1.29 is 9.18 Å². The molecule has 2 aromatic rings. The first kappa shape index (κ1) is 20.2. The number of thioether (sulfide) groups is 1. The first-order valence-corrected chi connectivity index (χ1v) is 11.4. The van der Waals surface area contributed by atoms with E-state index in [4.69, 9.17) is 0 Å². The highest BCUT2D eigenvalue weighted by molar-refractivity contribution is 7.99. The van der Waals surface area contributed by atoms with Crippen LogP contribution in [0.15, 0.2) is 36.9 Å². The fourth-order valence-corrected chi connectivity index (χ4v) is 5.02. The minimum atomic E-state index is -0.186. The number of benzene rings is 1. The maximum absolute atomic E-state index is 13.9. The Morgan fingerprint density at radius 1 is 1.34 bits per heavy atom. The molecule has 0 unspecified atom stereocenters. The number of nitrogens with zero attached hydrogens (tertiary/aromatic N) is 3. The summed E-state index contributed by atoms with van der Waals surface area (Å²) in [7, 11) is 0. The Hall–Kier alpha value is -2.12. The lowest BCUT2D eigenvalue weighted by Crippen LogP contribution is -2.39. The fourth-order valence-electron chi connectivity index (χ4n) is 4.12. The summed E-state index contributed by atoms with van der Waals surface area (Å²) in [5, 5.41) is 8.16. The molecule has 1 aliphatic carbocycles. The monoisotopic (exact) mass is 414 g/mol. The van der Waals surface area contributed by atoms with Gasteiger partial charge in [-0.1, -0.05) is 24.3 Å². The Kier molecular flexibility index (Phi) is 6.35. The smallest absolute Gasteiger partial charge is 0.274 e. The lowest BCUT2D eigenvalue weighted by atomic mass is 9.91. The molecule has 1 N–H and O–H groups in total. The lowest BCUT2D eigenvalue weighted by molar-refractivity contribution is 0.0764. The van der Waals surface area contributed by atoms with Gasteiger partial charge in [0.2, 0.25) is 0 Å². The second kappa shape index (κ2) is 9.13. The van der Waals surface area contributed by atoms with Crippen LogP contribution in [0, 0.1) is 5.82 Å². The quantitative estimate of drug-likeness (QED) is 0.739. The summed E-state index contributed by atoms with van der Waals surface area (Å²) in [6.07, 6.45) is 4.36. The van der Waals surface area contributed by atoms with Gasteiger partial charge in [-0.2, -0.15) is 16.9 Å². The van der Waals surface area contributed by atoms with Gasteiger partial charge in [0.1, 0.15) is 5.82 Å². The summed E-state index contributed by atoms with van der Waals surface area (Å²) in [5.74, 6) is 1.82. The van der Waals surface area contributed by atoms with Crippen LogP contribution in [0.25, 0.3) is 0 Å². The molecule has 154 valence electrons. The highest BCUT2D eigenvalue weighted by Crippen LogP contribution is 2.27. The molecule has 1 saturated heterocycles. The van der Waals surface area contributed by atoms with Gasteiger partial charge >= 0.3 is 0 Å². The van der Waals surface area contributed by atoms with Crippen LogP contribution in [0.5, 0.6) is 0 Å². The van der Waals surface area contributed by atoms with E-state index in [1.54, 1.807) is 6.07 Å². The number of allylic oxidation sites excluding steroid dienone is 1. The SMILES string of the molecule is C=CCn1nc(C(=O)N2CCSCC2)c2c1CC[C@H](NCc1ccccc1F)C2. The molecule has 2 heterocycles. The van der Waals surface area contributed by atoms with Gasteiger partial charge < -0.3 is 10.2 Å². The standard InChI is InChI=1S/C22H27FN4OS/c1-2-9-27-20-8-7-17(24-15-16-5-3-4-6-19(16)23)14-18(20)21(25-27)22(28)26-10-12-29-13-11-26/h2-6,17,24H,1,7-15H2/t17-/m0/s1. The number of fused-ring (bicyclic) bond motifs is 1. The van der Waals surface area contributed by atoms with Crippen LogP contribution < -0.4 is 5.32 Å². The third-order valence-electron chi connectivity index (χ3n) is 5.69. The molecule has 1 aliphatic heterocycles. The van der Waals surface area contributed by atoms with Gasteiger partial charge in [0.25, 0.3) is 5.91 Å². The van der Waals surface area contributed by atoms with E-state index in [9.17, 15) is 9.18 Å². The van der Waals surface area contributed by atoms with E-state index in [2.05, 4.69) is 17.0 Å². The Morgan fingerprint density at radius 2 is 2.14 bits per heavy atom. The normalized spacial score (nSPS) is 19.1. The van der Waals surface area contributed by atoms with E-state index in [0.29, 0.717) is 24.3 Å². The van der Waals surface area contributed by atoms with Gasteiger partial charge in [-0.15, -0.1) is 6.58 Å². The number of carbonyl (C=O) groups excluding carboxylic acids is 1. The van der Waals surface area contributed by atoms with Gasteiger partial charge in [0, 0.05) is 54.0 Å². The third kappa shape index (κ3) is 4.41. The van der Waals surface area contributed by atoms with Crippen LogP contribution in [0.1, 0.15) is 33.7 Å². The van der Waals surface area contributed by atoms with Crippen molar-refractivity contribution in [2.45, 2.75) is 38.4 Å². The second-order valence-corrected chi connectivity index (χ2v) is 8.79. The van der Waals surface area contributed by atoms with Gasteiger partial charge in [-0.25, -0.2) is 4.39 Å². The minimum absolute atomic E-state index is 0.0408. The Labute approximate surface area is 175 Å². The van der Waals surface area contributed by atoms with E-state index in [1.807, 2.05) is 39.6 Å². The zero-order valence-electron chi connectivity index (χ0n) is 16.6. The molecule has 2 aliphatic rings. The minimum Gasteiger partial charge on any atom is -0.336 e. The zero-order chi connectivity index (χ0) is 20.2. The predicted molar refractivity (Wildman–Crippen MR) is 115 cm³/mol. The fraction of sp³-hybridized carbons (Fsp3) is 0.455. The van der Waals surface area contributed by atoms with E-state index < -0.39 is 0 Å². The third-order valence-corrected chi connectivity index (χ3v) is 6.63. The van der Waals surface area contributed by atoms with Crippen molar-refractivity contribution >= 4 is 17.7 Å². The molecule has 29 heavy (non-hydrogen) atoms. The molecule has 1 fully saturated rings. The molecule has 7 heteroatoms. The summed E-state index contributed by atoms with van der Waals surface area (Å²) >= 11 is 1.89. The Balaban J connectivity index is 1.53. The highest BCUT2D eigenvalue weighted by Gasteiger charge is 2.31. The number of aromatic nitrogens is 2. The Morgan fingerprint density at radius 3 is 2.90 bits per heavy atom. The predicted octanol–water partition coefficient (Wildman–Crippen LogP) is 3.04. The van der Waals surface area contributed by atoms with Crippen molar-refractivity contribution in [2.24, 2.45) is 0 Å². The molecule has 0 saturated carbocycles. The molecule has 4 rings (SSSR count). The largest absolute Gasteiger partial charge is 0.336 e. The molecule has 1 atom stereocenters. The van der Waals surface area contributed by atoms with Gasteiger partial charge in [0.15, 0.2) is 5.69 Å².